The molecule has 1 aromatic rings. The maximum absolute atomic E-state index is 14.3. The molecule has 0 amide bonds. The van der Waals surface area contributed by atoms with Gasteiger partial charge in [-0.05, 0) is 37.7 Å². The summed E-state index contributed by atoms with van der Waals surface area (Å²) < 4.78 is 14.3. The van der Waals surface area contributed by atoms with Gasteiger partial charge in [-0.1, -0.05) is 18.5 Å². The molecule has 3 nitrogen and oxygen atoms in total. The van der Waals surface area contributed by atoms with E-state index in [2.05, 4.69) is 6.92 Å². The predicted molar refractivity (Wildman–Crippen MR) is 80.1 cm³/mol. The Labute approximate surface area is 118 Å². The molecule has 0 aliphatic heterocycles. The van der Waals surface area contributed by atoms with Crippen molar-refractivity contribution in [2.24, 2.45) is 5.92 Å². The molecule has 0 radical (unpaired) electrons. The molecule has 0 atom stereocenters. The van der Waals surface area contributed by atoms with Crippen LogP contribution in [0.2, 0.25) is 5.02 Å². The molecule has 1 aliphatic rings. The first kappa shape index (κ1) is 14.3. The summed E-state index contributed by atoms with van der Waals surface area (Å²) in [6.45, 7) is 2.26. The highest BCUT2D eigenvalue weighted by atomic mass is 35.5. The van der Waals surface area contributed by atoms with Crippen molar-refractivity contribution in [1.29, 1.82) is 0 Å². The Bertz CT molecular complexity index is 470. The van der Waals surface area contributed by atoms with Crippen LogP contribution in [-0.2, 0) is 0 Å². The number of rotatable bonds is 2. The summed E-state index contributed by atoms with van der Waals surface area (Å²) in [5, 5.41) is -0.0415. The fraction of sp³-hybridized carbons (Fsp3) is 0.571. The second-order valence-electron chi connectivity index (χ2n) is 5.56. The van der Waals surface area contributed by atoms with Gasteiger partial charge in [0, 0.05) is 13.1 Å². The Morgan fingerprint density at radius 1 is 1.21 bits per heavy atom. The Hall–Kier alpha value is -1.16. The van der Waals surface area contributed by atoms with E-state index in [4.69, 9.17) is 23.1 Å². The quantitative estimate of drug-likeness (QED) is 0.816. The van der Waals surface area contributed by atoms with E-state index in [0.29, 0.717) is 17.4 Å². The van der Waals surface area contributed by atoms with Gasteiger partial charge in [-0.2, -0.15) is 0 Å². The van der Waals surface area contributed by atoms with Crippen molar-refractivity contribution < 1.29 is 4.39 Å². The van der Waals surface area contributed by atoms with Crippen LogP contribution in [0.3, 0.4) is 0 Å². The first-order chi connectivity index (χ1) is 8.91. The monoisotopic (exact) mass is 285 g/mol. The molecule has 1 aliphatic carbocycles. The van der Waals surface area contributed by atoms with Gasteiger partial charge in [0.05, 0.1) is 17.1 Å². The Balaban J connectivity index is 2.29. The number of nitrogens with two attached hydrogens (primary N) is 2. The highest BCUT2D eigenvalue weighted by Gasteiger charge is 2.26. The van der Waals surface area contributed by atoms with Gasteiger partial charge in [-0.3, -0.25) is 0 Å². The standard InChI is InChI=1S/C14H21ClFN3/c1-8-3-5-9(6-4-8)19(2)14-11(18)7-10(17)12(15)13(14)16/h7-9H,3-6,17-18H2,1-2H3. The van der Waals surface area contributed by atoms with Gasteiger partial charge in [0.15, 0.2) is 5.82 Å². The number of hydrogen-bond donors (Lipinski definition) is 2. The smallest absolute Gasteiger partial charge is 0.169 e. The molecule has 1 aromatic carbocycles. The molecule has 2 rings (SSSR count). The molecule has 0 spiro atoms. The van der Waals surface area contributed by atoms with Gasteiger partial charge in [0.1, 0.15) is 5.02 Å². The van der Waals surface area contributed by atoms with Crippen molar-refractivity contribution in [3.05, 3.63) is 16.9 Å². The first-order valence-electron chi connectivity index (χ1n) is 6.67. The third kappa shape index (κ3) is 2.73. The Morgan fingerprint density at radius 3 is 2.37 bits per heavy atom. The normalized spacial score (nSPS) is 23.4. The summed E-state index contributed by atoms with van der Waals surface area (Å²) in [6, 6.07) is 1.84. The van der Waals surface area contributed by atoms with Crippen LogP contribution in [0.4, 0.5) is 21.5 Å². The average molecular weight is 286 g/mol. The largest absolute Gasteiger partial charge is 0.397 e. The van der Waals surface area contributed by atoms with Gasteiger partial charge < -0.3 is 16.4 Å². The van der Waals surface area contributed by atoms with Crippen molar-refractivity contribution in [3.8, 4) is 0 Å². The summed E-state index contributed by atoms with van der Waals surface area (Å²) >= 11 is 5.88. The molecule has 19 heavy (non-hydrogen) atoms. The molecule has 0 unspecified atom stereocenters. The van der Waals surface area contributed by atoms with E-state index in [1.165, 1.54) is 18.9 Å². The summed E-state index contributed by atoms with van der Waals surface area (Å²) in [5.41, 5.74) is 12.4. The van der Waals surface area contributed by atoms with Gasteiger partial charge in [0.25, 0.3) is 0 Å². The molecule has 4 N–H and O–H groups in total. The first-order valence-corrected chi connectivity index (χ1v) is 7.05. The van der Waals surface area contributed by atoms with E-state index in [0.717, 1.165) is 18.8 Å². The summed E-state index contributed by atoms with van der Waals surface area (Å²) in [7, 11) is 1.88. The minimum absolute atomic E-state index is 0.0415. The Kier molecular flexibility index (Phi) is 4.09. The molecule has 5 heteroatoms. The molecule has 0 heterocycles. The molecular formula is C14H21ClFN3. The Morgan fingerprint density at radius 2 is 1.79 bits per heavy atom. The zero-order chi connectivity index (χ0) is 14.2. The van der Waals surface area contributed by atoms with Crippen molar-refractivity contribution in [2.75, 3.05) is 23.4 Å². The van der Waals surface area contributed by atoms with Crippen LogP contribution in [0, 0.1) is 11.7 Å². The number of nitrogens with zero attached hydrogens (tertiary/aromatic N) is 1. The molecule has 0 saturated heterocycles. The topological polar surface area (TPSA) is 55.3 Å². The molecule has 1 saturated carbocycles. The highest BCUT2D eigenvalue weighted by Crippen LogP contribution is 2.38. The average Bonchev–Trinajstić information content (AvgIpc) is 2.37. The van der Waals surface area contributed by atoms with Crippen LogP contribution in [0.25, 0.3) is 0 Å². The number of anilines is 3. The number of nitrogen functional groups attached to an aromatic ring is 2. The van der Waals surface area contributed by atoms with Crippen molar-refractivity contribution in [3.63, 3.8) is 0 Å². The summed E-state index contributed by atoms with van der Waals surface area (Å²) in [5.74, 6) is 0.238. The van der Waals surface area contributed by atoms with Gasteiger partial charge in [-0.25, -0.2) is 4.39 Å². The summed E-state index contributed by atoms with van der Waals surface area (Å²) in [4.78, 5) is 1.92. The van der Waals surface area contributed by atoms with Crippen molar-refractivity contribution >= 4 is 28.7 Å². The predicted octanol–water partition coefficient (Wildman–Crippen LogP) is 3.66. The maximum Gasteiger partial charge on any atom is 0.169 e. The molecule has 0 aromatic heterocycles. The van der Waals surface area contributed by atoms with Gasteiger partial charge in [0.2, 0.25) is 0 Å². The highest BCUT2D eigenvalue weighted by molar-refractivity contribution is 6.33. The van der Waals surface area contributed by atoms with Gasteiger partial charge in [-0.15, -0.1) is 0 Å². The fourth-order valence-corrected chi connectivity index (χ4v) is 2.97. The fourth-order valence-electron chi connectivity index (χ4n) is 2.83. The lowest BCUT2D eigenvalue weighted by molar-refractivity contribution is 0.339. The van der Waals surface area contributed by atoms with E-state index in [1.54, 1.807) is 0 Å². The van der Waals surface area contributed by atoms with Crippen LogP contribution < -0.4 is 16.4 Å². The van der Waals surface area contributed by atoms with E-state index in [9.17, 15) is 4.39 Å². The van der Waals surface area contributed by atoms with Crippen LogP contribution in [0.1, 0.15) is 32.6 Å². The second-order valence-corrected chi connectivity index (χ2v) is 5.93. The molecule has 1 fully saturated rings. The van der Waals surface area contributed by atoms with E-state index in [1.807, 2.05) is 11.9 Å². The molecule has 106 valence electrons. The lowest BCUT2D eigenvalue weighted by Gasteiger charge is -2.36. The third-order valence-corrected chi connectivity index (χ3v) is 4.51. The van der Waals surface area contributed by atoms with Crippen LogP contribution in [-0.4, -0.2) is 13.1 Å². The molecule has 0 bridgehead atoms. The lowest BCUT2D eigenvalue weighted by Crippen LogP contribution is -2.36. The van der Waals surface area contributed by atoms with Crippen molar-refractivity contribution in [1.82, 2.24) is 0 Å². The lowest BCUT2D eigenvalue weighted by atomic mass is 9.86. The van der Waals surface area contributed by atoms with E-state index in [-0.39, 0.29) is 10.7 Å². The third-order valence-electron chi connectivity index (χ3n) is 4.12. The minimum atomic E-state index is -0.514. The van der Waals surface area contributed by atoms with Crippen LogP contribution in [0.15, 0.2) is 6.07 Å². The summed E-state index contributed by atoms with van der Waals surface area (Å²) in [6.07, 6.45) is 4.44. The van der Waals surface area contributed by atoms with Crippen LogP contribution >= 0.6 is 11.6 Å². The molecular weight excluding hydrogens is 265 g/mol. The maximum atomic E-state index is 14.3. The zero-order valence-corrected chi connectivity index (χ0v) is 12.2. The number of hydrogen-bond acceptors (Lipinski definition) is 3. The van der Waals surface area contributed by atoms with Crippen molar-refractivity contribution in [2.45, 2.75) is 38.6 Å². The second kappa shape index (κ2) is 5.45. The number of halogens is 2. The van der Waals surface area contributed by atoms with Crippen LogP contribution in [0.5, 0.6) is 0 Å². The van der Waals surface area contributed by atoms with E-state index < -0.39 is 5.82 Å². The SMILES string of the molecule is CC1CCC(N(C)c2c(N)cc(N)c(Cl)c2F)CC1. The zero-order valence-electron chi connectivity index (χ0n) is 11.4. The number of benzene rings is 1. The minimum Gasteiger partial charge on any atom is -0.397 e. The van der Waals surface area contributed by atoms with Gasteiger partial charge >= 0.3 is 0 Å². The van der Waals surface area contributed by atoms with E-state index >= 15 is 0 Å².